The molecule has 2 heteroatoms. The molecule has 71 heavy (non-hydrogen) atoms. The van der Waals surface area contributed by atoms with Gasteiger partial charge >= 0.3 is 0 Å². The molecule has 1 nitrogen and oxygen atoms in total. The summed E-state index contributed by atoms with van der Waals surface area (Å²) in [5, 5.41) is 2.29. The molecule has 0 spiro atoms. The molecule has 0 fully saturated rings. The Labute approximate surface area is 419 Å². The Hall–Kier alpha value is -8.30. The fraction of sp³-hybridized carbons (Fsp3) is 0.0725. The lowest BCUT2D eigenvalue weighted by atomic mass is 9.70. The third-order valence-electron chi connectivity index (χ3n) is 15.7. The minimum Gasteiger partial charge on any atom is -0.455 e. The third kappa shape index (κ3) is 6.24. The van der Waals surface area contributed by atoms with E-state index in [1.54, 1.807) is 0 Å². The Kier molecular flexibility index (Phi) is 9.47. The fourth-order valence-corrected chi connectivity index (χ4v) is 14.0. The van der Waals surface area contributed by atoms with Crippen LogP contribution in [0.1, 0.15) is 69.2 Å². The van der Waals surface area contributed by atoms with Gasteiger partial charge in [-0.25, -0.2) is 0 Å². The van der Waals surface area contributed by atoms with Gasteiger partial charge in [-0.05, 0) is 84.0 Å². The van der Waals surface area contributed by atoms with Crippen molar-refractivity contribution in [2.75, 3.05) is 0 Å². The van der Waals surface area contributed by atoms with Gasteiger partial charge < -0.3 is 4.42 Å². The van der Waals surface area contributed by atoms with Crippen molar-refractivity contribution in [3.8, 4) is 54.9 Å². The highest BCUT2D eigenvalue weighted by Crippen LogP contribution is 2.63. The SMILES string of the molecule is CC1(C)c2ccccc2-c2ccc(C(c3ccc(-c4c(-c5ccccc5)sc5c4-c4ccccc4C5(c4ccccc4)c4ccccc4)cc3)c3ccc(-c4cccc5c4oc4ccccc45)cc3)cc21. The smallest absolute Gasteiger partial charge is 0.143 e. The summed E-state index contributed by atoms with van der Waals surface area (Å²) < 4.78 is 6.53. The van der Waals surface area contributed by atoms with Crippen molar-refractivity contribution >= 4 is 33.3 Å². The van der Waals surface area contributed by atoms with E-state index in [2.05, 4.69) is 257 Å². The number of rotatable bonds is 8. The molecule has 0 saturated heterocycles. The summed E-state index contributed by atoms with van der Waals surface area (Å²) in [6.07, 6.45) is 0. The molecule has 0 radical (unpaired) electrons. The second kappa shape index (κ2) is 16.1. The molecule has 2 aromatic heterocycles. The second-order valence-corrected chi connectivity index (χ2v) is 20.9. The number of para-hydroxylation sites is 2. The van der Waals surface area contributed by atoms with Crippen molar-refractivity contribution < 1.29 is 4.42 Å². The molecule has 0 bridgehead atoms. The number of benzene rings is 10. The molecule has 2 aliphatic carbocycles. The Bertz CT molecular complexity index is 3950. The Morgan fingerprint density at radius 2 is 0.915 bits per heavy atom. The van der Waals surface area contributed by atoms with Crippen molar-refractivity contribution in [1.82, 2.24) is 0 Å². The maximum absolute atomic E-state index is 6.53. The van der Waals surface area contributed by atoms with E-state index in [1.807, 2.05) is 17.4 Å². The van der Waals surface area contributed by atoms with E-state index < -0.39 is 5.41 Å². The van der Waals surface area contributed by atoms with E-state index >= 15 is 0 Å². The Morgan fingerprint density at radius 1 is 0.380 bits per heavy atom. The minimum absolute atomic E-state index is 0.0174. The first kappa shape index (κ1) is 41.7. The summed E-state index contributed by atoms with van der Waals surface area (Å²) in [6.45, 7) is 4.76. The summed E-state index contributed by atoms with van der Waals surface area (Å²) >= 11 is 1.95. The lowest BCUT2D eigenvalue weighted by molar-refractivity contribution is 0.659. The highest BCUT2D eigenvalue weighted by Gasteiger charge is 2.49. The van der Waals surface area contributed by atoms with E-state index in [9.17, 15) is 0 Å². The van der Waals surface area contributed by atoms with Gasteiger partial charge in [0.05, 0.1) is 5.41 Å². The van der Waals surface area contributed by atoms with Crippen LogP contribution >= 0.6 is 11.3 Å². The summed E-state index contributed by atoms with van der Waals surface area (Å²) in [5.41, 5.74) is 23.0. The average molecular weight is 925 g/mol. The van der Waals surface area contributed by atoms with Crippen LogP contribution in [0.3, 0.4) is 0 Å². The first-order valence-electron chi connectivity index (χ1n) is 24.8. The van der Waals surface area contributed by atoms with E-state index in [1.165, 1.54) is 93.2 Å². The van der Waals surface area contributed by atoms with Crippen LogP contribution in [0.15, 0.2) is 253 Å². The van der Waals surface area contributed by atoms with Crippen molar-refractivity contribution in [1.29, 1.82) is 0 Å². The highest BCUT2D eigenvalue weighted by molar-refractivity contribution is 7.17. The monoisotopic (exact) mass is 924 g/mol. The molecule has 2 heterocycles. The lowest BCUT2D eigenvalue weighted by Crippen LogP contribution is -2.27. The molecule has 2 aliphatic rings. The molecule has 12 aromatic rings. The van der Waals surface area contributed by atoms with Gasteiger partial charge in [0.2, 0.25) is 0 Å². The summed E-state index contributed by atoms with van der Waals surface area (Å²) in [7, 11) is 0. The van der Waals surface area contributed by atoms with Gasteiger partial charge in [-0.2, -0.15) is 0 Å². The van der Waals surface area contributed by atoms with Crippen molar-refractivity contribution in [3.63, 3.8) is 0 Å². The van der Waals surface area contributed by atoms with Crippen molar-refractivity contribution in [2.24, 2.45) is 0 Å². The normalized spacial score (nSPS) is 14.2. The fourth-order valence-electron chi connectivity index (χ4n) is 12.4. The van der Waals surface area contributed by atoms with Crippen LogP contribution in [0.2, 0.25) is 0 Å². The summed E-state index contributed by atoms with van der Waals surface area (Å²) in [6, 6.07) is 92.4. The van der Waals surface area contributed by atoms with Crippen LogP contribution in [0.25, 0.3) is 76.9 Å². The predicted molar refractivity (Wildman–Crippen MR) is 297 cm³/mol. The van der Waals surface area contributed by atoms with Gasteiger partial charge in [0.1, 0.15) is 11.2 Å². The first-order chi connectivity index (χ1) is 35.0. The molecule has 1 atom stereocenters. The molecule has 0 amide bonds. The van der Waals surface area contributed by atoms with Crippen LogP contribution in [-0.2, 0) is 10.8 Å². The topological polar surface area (TPSA) is 13.1 Å². The van der Waals surface area contributed by atoms with Gasteiger partial charge in [0.15, 0.2) is 0 Å². The number of hydrogen-bond donors (Lipinski definition) is 0. The van der Waals surface area contributed by atoms with Gasteiger partial charge in [-0.3, -0.25) is 0 Å². The lowest BCUT2D eigenvalue weighted by Gasteiger charge is -2.32. The molecular weight excluding hydrogens is 877 g/mol. The van der Waals surface area contributed by atoms with Crippen LogP contribution in [0, 0.1) is 0 Å². The molecule has 0 N–H and O–H groups in total. The maximum atomic E-state index is 6.53. The van der Waals surface area contributed by atoms with E-state index in [-0.39, 0.29) is 11.3 Å². The van der Waals surface area contributed by atoms with Crippen LogP contribution in [0.4, 0.5) is 0 Å². The first-order valence-corrected chi connectivity index (χ1v) is 25.6. The summed E-state index contributed by atoms with van der Waals surface area (Å²) in [5.74, 6) is -0.0174. The van der Waals surface area contributed by atoms with Gasteiger partial charge in [0.25, 0.3) is 0 Å². The summed E-state index contributed by atoms with van der Waals surface area (Å²) in [4.78, 5) is 2.66. The van der Waals surface area contributed by atoms with Gasteiger partial charge in [0, 0.05) is 48.5 Å². The Balaban J connectivity index is 0.947. The van der Waals surface area contributed by atoms with Gasteiger partial charge in [-0.1, -0.05) is 257 Å². The standard InChI is InChI=1S/C69H48OS/c1-68(2)58-30-15-12-25-53(58)54-42-41-49(43-60(54)68)62(45-35-33-44(34-36-45)52-28-18-29-56-55-26-14-17-32-61(55)70-65(52)56)46-37-39-47(40-38-46)63-64-57-27-13-16-31-59(57)69(50-21-8-4-9-22-50,51-23-10-5-11-24-51)67(64)71-66(63)48-19-6-3-7-20-48/h3-43,62H,1-2H3. The van der Waals surface area contributed by atoms with Crippen molar-refractivity contribution in [2.45, 2.75) is 30.6 Å². The average Bonchev–Trinajstić information content (AvgIpc) is 4.16. The quantitative estimate of drug-likeness (QED) is 0.138. The number of fused-ring (bicyclic) bond motifs is 9. The predicted octanol–water partition coefficient (Wildman–Crippen LogP) is 18.5. The number of hydrogen-bond acceptors (Lipinski definition) is 2. The molecule has 0 aliphatic heterocycles. The Morgan fingerprint density at radius 3 is 1.62 bits per heavy atom. The largest absolute Gasteiger partial charge is 0.455 e. The molecule has 1 unspecified atom stereocenters. The zero-order valence-electron chi connectivity index (χ0n) is 39.6. The van der Waals surface area contributed by atoms with Gasteiger partial charge in [-0.15, -0.1) is 11.3 Å². The third-order valence-corrected chi connectivity index (χ3v) is 17.1. The molecule has 10 aromatic carbocycles. The molecule has 336 valence electrons. The zero-order valence-corrected chi connectivity index (χ0v) is 40.4. The number of thiophene rings is 1. The van der Waals surface area contributed by atoms with E-state index in [4.69, 9.17) is 4.42 Å². The van der Waals surface area contributed by atoms with Crippen molar-refractivity contribution in [3.05, 3.63) is 298 Å². The molecule has 14 rings (SSSR count). The van der Waals surface area contributed by atoms with E-state index in [0.717, 1.165) is 33.1 Å². The maximum Gasteiger partial charge on any atom is 0.143 e. The van der Waals surface area contributed by atoms with Crippen LogP contribution < -0.4 is 0 Å². The minimum atomic E-state index is -0.477. The van der Waals surface area contributed by atoms with E-state index in [0.29, 0.717) is 0 Å². The second-order valence-electron chi connectivity index (χ2n) is 19.8. The molecular formula is C69H48OS. The molecule has 0 saturated carbocycles. The van der Waals surface area contributed by atoms with Crippen LogP contribution in [0.5, 0.6) is 0 Å². The number of furan rings is 1. The highest BCUT2D eigenvalue weighted by atomic mass is 32.1. The zero-order chi connectivity index (χ0) is 47.3. The van der Waals surface area contributed by atoms with Crippen LogP contribution in [-0.4, -0.2) is 0 Å².